The zero-order chi connectivity index (χ0) is 13.4. The minimum Gasteiger partial charge on any atom is -0.347 e. The van der Waals surface area contributed by atoms with Gasteiger partial charge in [0, 0.05) is 30.7 Å². The number of aromatic nitrogens is 1. The van der Waals surface area contributed by atoms with Crippen LogP contribution in [-0.4, -0.2) is 29.5 Å². The summed E-state index contributed by atoms with van der Waals surface area (Å²) in [4.78, 5) is 13.7. The lowest BCUT2D eigenvalue weighted by Gasteiger charge is -2.17. The molecule has 1 aliphatic carbocycles. The molecule has 0 unspecified atom stereocenters. The quantitative estimate of drug-likeness (QED) is 0.811. The van der Waals surface area contributed by atoms with Crippen molar-refractivity contribution in [3.63, 3.8) is 0 Å². The molecular weight excluding hydrogens is 236 g/mol. The number of benzene rings is 1. The van der Waals surface area contributed by atoms with Crippen molar-refractivity contribution in [1.82, 2.24) is 9.47 Å². The second-order valence-corrected chi connectivity index (χ2v) is 5.52. The molecule has 3 nitrogen and oxygen atoms in total. The number of amides is 1. The van der Waals surface area contributed by atoms with Gasteiger partial charge in [-0.15, -0.1) is 0 Å². The summed E-state index contributed by atoms with van der Waals surface area (Å²) in [6, 6.07) is 8.48. The Balaban J connectivity index is 2.14. The molecule has 0 bridgehead atoms. The molecule has 0 fully saturated rings. The van der Waals surface area contributed by atoms with Crippen LogP contribution in [0.25, 0.3) is 10.9 Å². The van der Waals surface area contributed by atoms with E-state index in [0.717, 1.165) is 12.8 Å². The number of carbonyl (C=O) groups is 1. The van der Waals surface area contributed by atoms with Gasteiger partial charge < -0.3 is 9.47 Å². The van der Waals surface area contributed by atoms with Gasteiger partial charge in [0.15, 0.2) is 0 Å². The highest BCUT2D eigenvalue weighted by Crippen LogP contribution is 2.32. The fourth-order valence-corrected chi connectivity index (χ4v) is 3.04. The fourth-order valence-electron chi connectivity index (χ4n) is 3.04. The van der Waals surface area contributed by atoms with E-state index >= 15 is 0 Å². The number of carbonyl (C=O) groups excluding carboxylic acids is 1. The number of likely N-dealkylation sites (N-methyl/N-ethyl adjacent to an activating group) is 1. The van der Waals surface area contributed by atoms with Crippen LogP contribution in [0.3, 0.4) is 0 Å². The van der Waals surface area contributed by atoms with E-state index < -0.39 is 0 Å². The van der Waals surface area contributed by atoms with Gasteiger partial charge >= 0.3 is 0 Å². The zero-order valence-corrected chi connectivity index (χ0v) is 11.6. The molecule has 1 aromatic heterocycles. The van der Waals surface area contributed by atoms with Gasteiger partial charge in [0.25, 0.3) is 0 Å². The standard InChI is InChI=1S/C16H20N2O/c1-17(2)16(19)11-18-14-9-5-3-7-12(14)13-8-4-6-10-15(13)18/h3,5,7,9H,4,6,8,10-11H2,1-2H3. The van der Waals surface area contributed by atoms with E-state index in [1.54, 1.807) is 4.90 Å². The molecule has 0 N–H and O–H groups in total. The van der Waals surface area contributed by atoms with Crippen molar-refractivity contribution < 1.29 is 4.79 Å². The molecule has 0 radical (unpaired) electrons. The van der Waals surface area contributed by atoms with Crippen LogP contribution in [0.1, 0.15) is 24.1 Å². The van der Waals surface area contributed by atoms with E-state index in [9.17, 15) is 4.79 Å². The number of para-hydroxylation sites is 1. The van der Waals surface area contributed by atoms with Crippen LogP contribution in [0.5, 0.6) is 0 Å². The van der Waals surface area contributed by atoms with Crippen molar-refractivity contribution in [2.75, 3.05) is 14.1 Å². The Kier molecular flexibility index (Phi) is 3.05. The van der Waals surface area contributed by atoms with Gasteiger partial charge in [0.05, 0.1) is 0 Å². The van der Waals surface area contributed by atoms with Crippen LogP contribution < -0.4 is 0 Å². The summed E-state index contributed by atoms with van der Waals surface area (Å²) in [5.41, 5.74) is 4.06. The van der Waals surface area contributed by atoms with Gasteiger partial charge in [-0.2, -0.15) is 0 Å². The number of hydrogen-bond acceptors (Lipinski definition) is 1. The Morgan fingerprint density at radius 3 is 2.74 bits per heavy atom. The van der Waals surface area contributed by atoms with Crippen molar-refractivity contribution in [3.8, 4) is 0 Å². The van der Waals surface area contributed by atoms with Crippen molar-refractivity contribution in [1.29, 1.82) is 0 Å². The van der Waals surface area contributed by atoms with Crippen LogP contribution in [0.4, 0.5) is 0 Å². The second-order valence-electron chi connectivity index (χ2n) is 5.52. The minimum atomic E-state index is 0.161. The first kappa shape index (κ1) is 12.3. The molecule has 19 heavy (non-hydrogen) atoms. The Labute approximate surface area is 113 Å². The lowest BCUT2D eigenvalue weighted by molar-refractivity contribution is -0.129. The number of hydrogen-bond donors (Lipinski definition) is 0. The van der Waals surface area contributed by atoms with Crippen molar-refractivity contribution in [3.05, 3.63) is 35.5 Å². The third-order valence-electron chi connectivity index (χ3n) is 4.08. The number of nitrogens with zero attached hydrogens (tertiary/aromatic N) is 2. The Hall–Kier alpha value is -1.77. The maximum absolute atomic E-state index is 12.0. The predicted molar refractivity (Wildman–Crippen MR) is 77.3 cm³/mol. The Morgan fingerprint density at radius 1 is 1.21 bits per heavy atom. The molecule has 1 heterocycles. The van der Waals surface area contributed by atoms with Crippen LogP contribution in [-0.2, 0) is 24.2 Å². The number of rotatable bonds is 2. The fraction of sp³-hybridized carbons (Fsp3) is 0.438. The first-order valence-corrected chi connectivity index (χ1v) is 6.97. The SMILES string of the molecule is CN(C)C(=O)Cn1c2c(c3ccccc31)CCCC2. The van der Waals surface area contributed by atoms with Gasteiger partial charge in [-0.3, -0.25) is 4.79 Å². The topological polar surface area (TPSA) is 25.2 Å². The van der Waals surface area contributed by atoms with E-state index in [1.807, 2.05) is 14.1 Å². The summed E-state index contributed by atoms with van der Waals surface area (Å²) in [5.74, 6) is 0.161. The summed E-state index contributed by atoms with van der Waals surface area (Å²) in [6.45, 7) is 0.461. The molecule has 0 spiro atoms. The highest BCUT2D eigenvalue weighted by atomic mass is 16.2. The molecule has 100 valence electrons. The van der Waals surface area contributed by atoms with Gasteiger partial charge in [0.2, 0.25) is 5.91 Å². The first-order valence-electron chi connectivity index (χ1n) is 6.97. The van der Waals surface area contributed by atoms with E-state index in [0.29, 0.717) is 6.54 Å². The molecule has 3 heteroatoms. The molecule has 1 amide bonds. The molecule has 2 aromatic rings. The molecule has 3 rings (SSSR count). The first-order chi connectivity index (χ1) is 9.18. The average molecular weight is 256 g/mol. The molecule has 0 aliphatic heterocycles. The summed E-state index contributed by atoms with van der Waals surface area (Å²) in [6.07, 6.45) is 4.76. The summed E-state index contributed by atoms with van der Waals surface area (Å²) in [5, 5.41) is 1.34. The molecule has 1 aromatic carbocycles. The molecule has 0 atom stereocenters. The van der Waals surface area contributed by atoms with Crippen molar-refractivity contribution >= 4 is 16.8 Å². The predicted octanol–water partition coefficient (Wildman–Crippen LogP) is 2.61. The molecular formula is C16H20N2O. The maximum Gasteiger partial charge on any atom is 0.242 e. The summed E-state index contributed by atoms with van der Waals surface area (Å²) in [7, 11) is 3.64. The largest absolute Gasteiger partial charge is 0.347 e. The maximum atomic E-state index is 12.0. The molecule has 0 saturated carbocycles. The lowest BCUT2D eigenvalue weighted by atomic mass is 9.96. The van der Waals surface area contributed by atoms with Crippen molar-refractivity contribution in [2.24, 2.45) is 0 Å². The van der Waals surface area contributed by atoms with Crippen LogP contribution >= 0.6 is 0 Å². The van der Waals surface area contributed by atoms with E-state index in [1.165, 1.54) is 35.0 Å². The van der Waals surface area contributed by atoms with E-state index in [-0.39, 0.29) is 5.91 Å². The highest BCUT2D eigenvalue weighted by Gasteiger charge is 2.21. The smallest absolute Gasteiger partial charge is 0.242 e. The zero-order valence-electron chi connectivity index (χ0n) is 11.6. The Bertz CT molecular complexity index is 625. The van der Waals surface area contributed by atoms with Crippen LogP contribution in [0.2, 0.25) is 0 Å². The van der Waals surface area contributed by atoms with Gasteiger partial charge in [-0.1, -0.05) is 18.2 Å². The normalized spacial score (nSPS) is 14.4. The highest BCUT2D eigenvalue weighted by molar-refractivity contribution is 5.87. The Morgan fingerprint density at radius 2 is 1.95 bits per heavy atom. The number of fused-ring (bicyclic) bond motifs is 3. The van der Waals surface area contributed by atoms with Crippen LogP contribution in [0, 0.1) is 0 Å². The minimum absolute atomic E-state index is 0.161. The summed E-state index contributed by atoms with van der Waals surface area (Å²) >= 11 is 0. The molecule has 1 aliphatic rings. The third kappa shape index (κ3) is 2.03. The third-order valence-corrected chi connectivity index (χ3v) is 4.08. The van der Waals surface area contributed by atoms with Gasteiger partial charge in [-0.25, -0.2) is 0 Å². The van der Waals surface area contributed by atoms with E-state index in [2.05, 4.69) is 28.8 Å². The van der Waals surface area contributed by atoms with Crippen LogP contribution in [0.15, 0.2) is 24.3 Å². The molecule has 0 saturated heterocycles. The average Bonchev–Trinajstić information content (AvgIpc) is 2.74. The van der Waals surface area contributed by atoms with Crippen molar-refractivity contribution in [2.45, 2.75) is 32.2 Å². The second kappa shape index (κ2) is 4.72. The van der Waals surface area contributed by atoms with Gasteiger partial charge in [-0.05, 0) is 37.3 Å². The monoisotopic (exact) mass is 256 g/mol. The number of aryl methyl sites for hydroxylation is 1. The van der Waals surface area contributed by atoms with Gasteiger partial charge in [0.1, 0.15) is 6.54 Å². The lowest BCUT2D eigenvalue weighted by Crippen LogP contribution is -2.27. The van der Waals surface area contributed by atoms with E-state index in [4.69, 9.17) is 0 Å². The summed E-state index contributed by atoms with van der Waals surface area (Å²) < 4.78 is 2.23.